The zero-order chi connectivity index (χ0) is 9.68. The summed E-state index contributed by atoms with van der Waals surface area (Å²) in [6, 6.07) is 1.54. The quantitative estimate of drug-likeness (QED) is 0.680. The average Bonchev–Trinajstić information content (AvgIpc) is 2.55. The molecule has 2 amide bonds. The van der Waals surface area contributed by atoms with E-state index in [1.54, 1.807) is 6.07 Å². The van der Waals surface area contributed by atoms with Gasteiger partial charge < -0.3 is 15.5 Å². The van der Waals surface area contributed by atoms with Crippen LogP contribution in [0.15, 0.2) is 23.0 Å². The van der Waals surface area contributed by atoms with Gasteiger partial charge >= 0.3 is 0 Å². The zero-order valence-electron chi connectivity index (χ0n) is 6.95. The highest BCUT2D eigenvalue weighted by Crippen LogP contribution is 1.98. The van der Waals surface area contributed by atoms with Crippen molar-refractivity contribution < 1.29 is 14.0 Å². The second-order valence-corrected chi connectivity index (χ2v) is 2.48. The van der Waals surface area contributed by atoms with Gasteiger partial charge in [-0.1, -0.05) is 0 Å². The van der Waals surface area contributed by atoms with Crippen molar-refractivity contribution in [3.05, 3.63) is 24.2 Å². The second-order valence-electron chi connectivity index (χ2n) is 2.48. The first kappa shape index (κ1) is 9.31. The van der Waals surface area contributed by atoms with Gasteiger partial charge in [-0.05, 0) is 6.07 Å². The summed E-state index contributed by atoms with van der Waals surface area (Å²) in [7, 11) is 0. The maximum atomic E-state index is 11.2. The summed E-state index contributed by atoms with van der Waals surface area (Å²) in [5, 5.41) is 2.52. The van der Waals surface area contributed by atoms with Crippen LogP contribution in [0.1, 0.15) is 16.8 Å². The van der Waals surface area contributed by atoms with Crippen molar-refractivity contribution in [2.75, 3.05) is 6.54 Å². The minimum Gasteiger partial charge on any atom is -0.472 e. The van der Waals surface area contributed by atoms with Gasteiger partial charge in [-0.25, -0.2) is 0 Å². The summed E-state index contributed by atoms with van der Waals surface area (Å²) < 4.78 is 4.71. The molecule has 0 bridgehead atoms. The molecule has 0 aliphatic carbocycles. The van der Waals surface area contributed by atoms with Crippen LogP contribution >= 0.6 is 0 Å². The number of furan rings is 1. The Hall–Kier alpha value is -1.78. The Bertz CT molecular complexity index is 292. The first-order chi connectivity index (χ1) is 6.20. The van der Waals surface area contributed by atoms with Crippen LogP contribution in [0.3, 0.4) is 0 Å². The first-order valence-electron chi connectivity index (χ1n) is 3.79. The number of hydrogen-bond donors (Lipinski definition) is 2. The molecule has 0 aliphatic heterocycles. The predicted molar refractivity (Wildman–Crippen MR) is 44.9 cm³/mol. The summed E-state index contributed by atoms with van der Waals surface area (Å²) >= 11 is 0. The van der Waals surface area contributed by atoms with Crippen LogP contribution in [-0.2, 0) is 4.79 Å². The minimum absolute atomic E-state index is 0.142. The molecule has 3 N–H and O–H groups in total. The standard InChI is InChI=1S/C8H10N2O3/c9-7(11)1-3-10-8(12)6-2-4-13-5-6/h2,4-5H,1,3H2,(H2,9,11)(H,10,12). The van der Waals surface area contributed by atoms with E-state index in [9.17, 15) is 9.59 Å². The van der Waals surface area contributed by atoms with Crippen molar-refractivity contribution in [1.82, 2.24) is 5.32 Å². The van der Waals surface area contributed by atoms with Crippen molar-refractivity contribution >= 4 is 11.8 Å². The van der Waals surface area contributed by atoms with Gasteiger partial charge in [-0.3, -0.25) is 9.59 Å². The molecule has 1 aromatic heterocycles. The maximum absolute atomic E-state index is 11.2. The fourth-order valence-electron chi connectivity index (χ4n) is 0.795. The van der Waals surface area contributed by atoms with E-state index in [0.717, 1.165) is 0 Å². The van der Waals surface area contributed by atoms with E-state index >= 15 is 0 Å². The predicted octanol–water partition coefficient (Wildman–Crippen LogP) is -0.115. The van der Waals surface area contributed by atoms with Gasteiger partial charge in [0.15, 0.2) is 0 Å². The summed E-state index contributed by atoms with van der Waals surface area (Å²) in [5.41, 5.74) is 5.32. The van der Waals surface area contributed by atoms with E-state index in [1.807, 2.05) is 0 Å². The molecular formula is C8H10N2O3. The third-order valence-electron chi connectivity index (χ3n) is 1.44. The highest BCUT2D eigenvalue weighted by atomic mass is 16.3. The van der Waals surface area contributed by atoms with Gasteiger partial charge in [0.05, 0.1) is 11.8 Å². The molecule has 1 aromatic rings. The lowest BCUT2D eigenvalue weighted by Crippen LogP contribution is -2.27. The highest BCUT2D eigenvalue weighted by molar-refractivity contribution is 5.93. The SMILES string of the molecule is NC(=O)CCNC(=O)c1ccoc1. The molecule has 0 saturated carbocycles. The largest absolute Gasteiger partial charge is 0.472 e. The van der Waals surface area contributed by atoms with Gasteiger partial charge in [0.1, 0.15) is 6.26 Å². The van der Waals surface area contributed by atoms with Crippen LogP contribution in [0.25, 0.3) is 0 Å². The number of carbonyl (C=O) groups excluding carboxylic acids is 2. The smallest absolute Gasteiger partial charge is 0.254 e. The van der Waals surface area contributed by atoms with Crippen molar-refractivity contribution in [3.63, 3.8) is 0 Å². The molecule has 0 radical (unpaired) electrons. The van der Waals surface area contributed by atoms with E-state index in [4.69, 9.17) is 10.2 Å². The molecule has 13 heavy (non-hydrogen) atoms. The Labute approximate surface area is 74.9 Å². The Balaban J connectivity index is 2.31. The van der Waals surface area contributed by atoms with Crippen LogP contribution in [0.4, 0.5) is 0 Å². The van der Waals surface area contributed by atoms with Crippen LogP contribution in [0.5, 0.6) is 0 Å². The average molecular weight is 182 g/mol. The molecule has 5 heteroatoms. The van der Waals surface area contributed by atoms with E-state index in [2.05, 4.69) is 5.32 Å². The topological polar surface area (TPSA) is 85.3 Å². The molecule has 70 valence electrons. The summed E-state index contributed by atoms with van der Waals surface area (Å²) in [6.45, 7) is 0.249. The van der Waals surface area contributed by atoms with Gasteiger partial charge in [-0.15, -0.1) is 0 Å². The molecule has 0 unspecified atom stereocenters. The van der Waals surface area contributed by atoms with Crippen LogP contribution in [-0.4, -0.2) is 18.4 Å². The summed E-state index contributed by atoms with van der Waals surface area (Å²) in [6.07, 6.45) is 2.88. The highest BCUT2D eigenvalue weighted by Gasteiger charge is 2.05. The molecule has 0 aromatic carbocycles. The Morgan fingerprint density at radius 2 is 2.31 bits per heavy atom. The van der Waals surface area contributed by atoms with Gasteiger partial charge in [0.2, 0.25) is 5.91 Å². The Morgan fingerprint density at radius 1 is 1.54 bits per heavy atom. The van der Waals surface area contributed by atoms with E-state index in [-0.39, 0.29) is 18.9 Å². The van der Waals surface area contributed by atoms with E-state index in [1.165, 1.54) is 12.5 Å². The van der Waals surface area contributed by atoms with Crippen molar-refractivity contribution in [3.8, 4) is 0 Å². The molecule has 0 atom stereocenters. The van der Waals surface area contributed by atoms with Crippen molar-refractivity contribution in [2.24, 2.45) is 5.73 Å². The summed E-state index contributed by atoms with van der Waals surface area (Å²) in [4.78, 5) is 21.5. The molecule has 0 fully saturated rings. The molecule has 0 aliphatic rings. The van der Waals surface area contributed by atoms with E-state index < -0.39 is 5.91 Å². The number of nitrogens with two attached hydrogens (primary N) is 1. The third kappa shape index (κ3) is 2.98. The molecule has 0 spiro atoms. The molecular weight excluding hydrogens is 172 g/mol. The lowest BCUT2D eigenvalue weighted by Gasteiger charge is -1.99. The van der Waals surface area contributed by atoms with Crippen LogP contribution in [0.2, 0.25) is 0 Å². The Morgan fingerprint density at radius 3 is 2.85 bits per heavy atom. The normalized spacial score (nSPS) is 9.54. The van der Waals surface area contributed by atoms with Crippen molar-refractivity contribution in [2.45, 2.75) is 6.42 Å². The molecule has 1 heterocycles. The van der Waals surface area contributed by atoms with Gasteiger partial charge in [0, 0.05) is 13.0 Å². The second kappa shape index (κ2) is 4.30. The lowest BCUT2D eigenvalue weighted by atomic mass is 10.3. The monoisotopic (exact) mass is 182 g/mol. The minimum atomic E-state index is -0.438. The lowest BCUT2D eigenvalue weighted by molar-refractivity contribution is -0.117. The fraction of sp³-hybridized carbons (Fsp3) is 0.250. The van der Waals surface area contributed by atoms with Gasteiger partial charge in [-0.2, -0.15) is 0 Å². The van der Waals surface area contributed by atoms with E-state index in [0.29, 0.717) is 5.56 Å². The molecule has 0 saturated heterocycles. The van der Waals surface area contributed by atoms with Gasteiger partial charge in [0.25, 0.3) is 5.91 Å². The van der Waals surface area contributed by atoms with Crippen LogP contribution < -0.4 is 11.1 Å². The van der Waals surface area contributed by atoms with Crippen molar-refractivity contribution in [1.29, 1.82) is 0 Å². The first-order valence-corrected chi connectivity index (χ1v) is 3.79. The number of hydrogen-bond acceptors (Lipinski definition) is 3. The number of rotatable bonds is 4. The zero-order valence-corrected chi connectivity index (χ0v) is 6.95. The maximum Gasteiger partial charge on any atom is 0.254 e. The fourth-order valence-corrected chi connectivity index (χ4v) is 0.795. The van der Waals surface area contributed by atoms with Crippen LogP contribution in [0, 0.1) is 0 Å². The summed E-state index contributed by atoms with van der Waals surface area (Å²) in [5.74, 6) is -0.706. The molecule has 5 nitrogen and oxygen atoms in total. The number of nitrogens with one attached hydrogen (secondary N) is 1. The molecule has 1 rings (SSSR count). The third-order valence-corrected chi connectivity index (χ3v) is 1.44. The Kier molecular flexibility index (Phi) is 3.08. The number of carbonyl (C=O) groups is 2. The number of primary amides is 1. The number of amides is 2.